The average molecular weight is 1360 g/mol. The molecular formula is C84H100N4O12. The van der Waals surface area contributed by atoms with Crippen molar-refractivity contribution in [1.82, 2.24) is 21.3 Å². The first-order chi connectivity index (χ1) is 48.5. The van der Waals surface area contributed by atoms with Crippen LogP contribution >= 0.6 is 0 Å². The number of carbonyl (C=O) groups is 4. The summed E-state index contributed by atoms with van der Waals surface area (Å²) in [6.45, 7) is 15.1. The van der Waals surface area contributed by atoms with Crippen LogP contribution in [-0.4, -0.2) is 78.5 Å². The Kier molecular flexibility index (Phi) is 26.9. The Bertz CT molecular complexity index is 3490. The van der Waals surface area contributed by atoms with Crippen molar-refractivity contribution in [3.8, 4) is 46.0 Å². The molecule has 528 valence electrons. The van der Waals surface area contributed by atoms with Gasteiger partial charge in [0.2, 0.25) is 0 Å². The molecule has 16 heteroatoms. The molecule has 8 atom stereocenters. The normalized spacial score (nSPS) is 15.9. The summed E-state index contributed by atoms with van der Waals surface area (Å²) in [4.78, 5) is 56.9. The van der Waals surface area contributed by atoms with E-state index >= 15 is 0 Å². The van der Waals surface area contributed by atoms with Gasteiger partial charge in [-0.2, -0.15) is 0 Å². The Morgan fingerprint density at radius 2 is 0.470 bits per heavy atom. The van der Waals surface area contributed by atoms with Crippen molar-refractivity contribution in [3.63, 3.8) is 0 Å². The third-order valence-corrected chi connectivity index (χ3v) is 18.9. The number of nitrogens with one attached hydrogen (secondary N) is 4. The maximum absolute atomic E-state index is 14.2. The fraction of sp³-hybridized carbons (Fsp3) is 0.381. The molecule has 16 nitrogen and oxygen atoms in total. The van der Waals surface area contributed by atoms with E-state index in [1.54, 1.807) is 28.4 Å². The van der Waals surface area contributed by atoms with E-state index in [2.05, 4.69) is 73.2 Å². The molecule has 1 aliphatic carbocycles. The highest BCUT2D eigenvalue weighted by atomic mass is 16.5. The number of benzene rings is 8. The highest BCUT2D eigenvalue weighted by Gasteiger charge is 2.36. The fourth-order valence-electron chi connectivity index (χ4n) is 13.8. The Hall–Kier alpha value is -9.96. The van der Waals surface area contributed by atoms with Gasteiger partial charge in [-0.3, -0.25) is 19.2 Å². The summed E-state index contributed by atoms with van der Waals surface area (Å²) >= 11 is 0. The number of ether oxygens (including phenoxy) is 8. The van der Waals surface area contributed by atoms with Gasteiger partial charge >= 0.3 is 0 Å². The summed E-state index contributed by atoms with van der Waals surface area (Å²) in [7, 11) is 6.54. The van der Waals surface area contributed by atoms with E-state index in [0.29, 0.717) is 97.4 Å². The summed E-state index contributed by atoms with van der Waals surface area (Å²) in [5, 5.41) is 12.6. The Balaban J connectivity index is 1.32. The van der Waals surface area contributed by atoms with Crippen molar-refractivity contribution in [1.29, 1.82) is 0 Å². The quantitative estimate of drug-likeness (QED) is 0.0313. The Labute approximate surface area is 591 Å². The maximum atomic E-state index is 14.2. The van der Waals surface area contributed by atoms with Gasteiger partial charge in [0, 0.05) is 92.4 Å². The minimum atomic E-state index is -0.471. The van der Waals surface area contributed by atoms with E-state index in [1.807, 2.05) is 173 Å². The molecule has 0 aliphatic heterocycles. The number of fused-ring (bicyclic) bond motifs is 8. The highest BCUT2D eigenvalue weighted by molar-refractivity contribution is 5.80. The molecule has 8 bridgehead atoms. The van der Waals surface area contributed by atoms with Gasteiger partial charge in [-0.25, -0.2) is 0 Å². The molecule has 100 heavy (non-hydrogen) atoms. The highest BCUT2D eigenvalue weighted by Crippen LogP contribution is 2.53. The molecule has 4 N–H and O–H groups in total. The number of hydrogen-bond donors (Lipinski definition) is 4. The van der Waals surface area contributed by atoms with Gasteiger partial charge in [0.25, 0.3) is 23.6 Å². The predicted molar refractivity (Wildman–Crippen MR) is 393 cm³/mol. The van der Waals surface area contributed by atoms with Crippen LogP contribution in [0.2, 0.25) is 0 Å². The van der Waals surface area contributed by atoms with Crippen molar-refractivity contribution in [2.45, 2.75) is 155 Å². The van der Waals surface area contributed by atoms with Crippen LogP contribution in [0.3, 0.4) is 0 Å². The van der Waals surface area contributed by atoms with Gasteiger partial charge in [0.15, 0.2) is 26.4 Å². The molecule has 8 aromatic carbocycles. The molecule has 0 radical (unpaired) electrons. The van der Waals surface area contributed by atoms with Gasteiger partial charge in [-0.05, 0) is 99.9 Å². The molecule has 4 amide bonds. The van der Waals surface area contributed by atoms with E-state index in [4.69, 9.17) is 37.9 Å². The smallest absolute Gasteiger partial charge is 0.258 e. The lowest BCUT2D eigenvalue weighted by Crippen LogP contribution is -2.31. The molecule has 0 aromatic heterocycles. The second-order valence-corrected chi connectivity index (χ2v) is 25.8. The van der Waals surface area contributed by atoms with E-state index < -0.39 is 23.7 Å². The number of amides is 4. The summed E-state index contributed by atoms with van der Waals surface area (Å²) in [5.74, 6) is 0.592. The lowest BCUT2D eigenvalue weighted by atomic mass is 9.76. The second-order valence-electron chi connectivity index (χ2n) is 25.8. The van der Waals surface area contributed by atoms with Crippen LogP contribution in [0.25, 0.3) is 0 Å². The first kappa shape index (κ1) is 74.3. The molecular weight excluding hydrogens is 1260 g/mol. The lowest BCUT2D eigenvalue weighted by molar-refractivity contribution is -0.124. The number of rotatable bonds is 32. The summed E-state index contributed by atoms with van der Waals surface area (Å²) in [5.41, 5.74) is 10.1. The van der Waals surface area contributed by atoms with Crippen molar-refractivity contribution >= 4 is 23.6 Å². The lowest BCUT2D eigenvalue weighted by Gasteiger charge is -2.32. The van der Waals surface area contributed by atoms with Crippen LogP contribution in [-0.2, 0) is 19.2 Å². The zero-order valence-electron chi connectivity index (χ0n) is 60.2. The average Bonchev–Trinajstić information content (AvgIpc) is 0.750. The Morgan fingerprint density at radius 1 is 0.290 bits per heavy atom. The molecule has 0 saturated heterocycles. The summed E-state index contributed by atoms with van der Waals surface area (Å²) < 4.78 is 53.6. The maximum Gasteiger partial charge on any atom is 0.258 e. The second kappa shape index (κ2) is 36.2. The molecule has 0 spiro atoms. The van der Waals surface area contributed by atoms with Gasteiger partial charge in [0.1, 0.15) is 46.0 Å². The van der Waals surface area contributed by atoms with E-state index in [1.165, 1.54) is 0 Å². The number of carbonyl (C=O) groups excluding carboxylic acids is 4. The van der Waals surface area contributed by atoms with E-state index in [-0.39, 0.29) is 74.2 Å². The third kappa shape index (κ3) is 18.5. The zero-order chi connectivity index (χ0) is 71.2. The van der Waals surface area contributed by atoms with Crippen molar-refractivity contribution < 1.29 is 57.1 Å². The van der Waals surface area contributed by atoms with Crippen molar-refractivity contribution in [2.24, 2.45) is 0 Å². The van der Waals surface area contributed by atoms with Crippen LogP contribution in [0.1, 0.15) is 221 Å². The topological polar surface area (TPSA) is 190 Å². The van der Waals surface area contributed by atoms with E-state index in [9.17, 15) is 19.2 Å². The molecule has 4 unspecified atom stereocenters. The minimum Gasteiger partial charge on any atom is -0.496 e. The van der Waals surface area contributed by atoms with Gasteiger partial charge in [-0.1, -0.05) is 175 Å². The molecule has 0 heterocycles. The van der Waals surface area contributed by atoms with Crippen LogP contribution in [0, 0.1) is 0 Å². The molecule has 0 fully saturated rings. The molecule has 8 aromatic rings. The third-order valence-electron chi connectivity index (χ3n) is 18.9. The van der Waals surface area contributed by atoms with Crippen LogP contribution in [0.5, 0.6) is 46.0 Å². The Morgan fingerprint density at radius 3 is 0.640 bits per heavy atom. The van der Waals surface area contributed by atoms with Crippen LogP contribution < -0.4 is 59.2 Å². The fourth-order valence-corrected chi connectivity index (χ4v) is 13.8. The van der Waals surface area contributed by atoms with Gasteiger partial charge < -0.3 is 59.2 Å². The molecule has 0 saturated carbocycles. The number of hydrogen-bond acceptors (Lipinski definition) is 12. The van der Waals surface area contributed by atoms with Gasteiger partial charge in [0.05, 0.1) is 52.6 Å². The van der Waals surface area contributed by atoms with E-state index in [0.717, 1.165) is 66.8 Å². The standard InChI is InChI=1S/C84H100N4O12/c1-13-29-61-65-41-70(78(45-73(65)93-9)98-50-82(90)86-54(6)58-35-23-18-24-36-58)63(31-15-3)67-43-72(80(47-75(67)95-11)100-52-84(92)88-56(8)60-39-27-20-28-40-60)64(32-16-4)68-44-71(79(48-76(68)96-12)99-51-83(91)87-55(7)59-37-25-19-26-38-59)62(30-14-2)66-42-69(61)77(46-74(66)94-10)97-49-81(89)85-53(5)57-33-21-17-22-34-57/h17-28,33-48,53-56,61-64H,13-16,29-32,49-52H2,1-12H3,(H,85,89)(H,86,90)(H,87,91)(H,88,92)/t53-,54-,55-,56-,61?,62?,63?,64?/m0/s1. The largest absolute Gasteiger partial charge is 0.496 e. The first-order valence-electron chi connectivity index (χ1n) is 35.3. The summed E-state index contributed by atoms with van der Waals surface area (Å²) in [6, 6.07) is 54.1. The van der Waals surface area contributed by atoms with Crippen LogP contribution in [0.4, 0.5) is 0 Å². The van der Waals surface area contributed by atoms with Gasteiger partial charge in [-0.15, -0.1) is 0 Å². The SMILES string of the molecule is CCCC1c2cc(c(OCC(=O)N[C@@H](C)c3ccccc3)cc2OC)C(CCC)c2cc(c(OCC(=O)N[C@@H](C)c3ccccc3)cc2OC)C(CCC)c2cc(c(OCC(=O)N[C@@H](C)c3ccccc3)cc2OC)C(CCC)c2cc1c(OCC(=O)N[C@@H](C)c1ccccc1)cc2OC. The first-order valence-corrected chi connectivity index (χ1v) is 35.3. The minimum absolute atomic E-state index is 0.305. The summed E-state index contributed by atoms with van der Waals surface area (Å²) in [6.07, 6.45) is 5.16. The number of methoxy groups -OCH3 is 4. The zero-order valence-corrected chi connectivity index (χ0v) is 60.2. The predicted octanol–water partition coefficient (Wildman–Crippen LogP) is 16.8. The van der Waals surface area contributed by atoms with Crippen molar-refractivity contribution in [3.05, 3.63) is 237 Å². The molecule has 9 rings (SSSR count). The van der Waals surface area contributed by atoms with Crippen LogP contribution in [0.15, 0.2) is 170 Å². The monoisotopic (exact) mass is 1360 g/mol. The molecule has 1 aliphatic rings. The van der Waals surface area contributed by atoms with Crippen molar-refractivity contribution in [2.75, 3.05) is 54.9 Å².